The molecule has 1 fully saturated rings. The van der Waals surface area contributed by atoms with Crippen molar-refractivity contribution in [1.29, 1.82) is 0 Å². The zero-order valence-electron chi connectivity index (χ0n) is 16.5. The van der Waals surface area contributed by atoms with E-state index in [2.05, 4.69) is 17.4 Å². The number of likely N-dealkylation sites (tertiary alicyclic amines) is 1. The Morgan fingerprint density at radius 3 is 2.46 bits per heavy atom. The fourth-order valence-electron chi connectivity index (χ4n) is 3.40. The highest BCUT2D eigenvalue weighted by Gasteiger charge is 2.24. The number of hydrogen-bond donors (Lipinski definition) is 1. The molecule has 0 spiro atoms. The van der Waals surface area contributed by atoms with Crippen molar-refractivity contribution in [3.63, 3.8) is 0 Å². The lowest BCUT2D eigenvalue weighted by Gasteiger charge is -2.32. The van der Waals surface area contributed by atoms with Crippen LogP contribution in [-0.4, -0.2) is 44.8 Å². The van der Waals surface area contributed by atoms with Gasteiger partial charge in [-0.3, -0.25) is 0 Å². The zero-order chi connectivity index (χ0) is 19.8. The summed E-state index contributed by atoms with van der Waals surface area (Å²) in [6.45, 7) is 2.81. The second-order valence-electron chi connectivity index (χ2n) is 6.90. The van der Waals surface area contributed by atoms with Gasteiger partial charge in [0.25, 0.3) is 0 Å². The number of urea groups is 1. The minimum atomic E-state index is -0.116. The van der Waals surface area contributed by atoms with Crippen molar-refractivity contribution in [2.75, 3.05) is 39.2 Å². The van der Waals surface area contributed by atoms with Crippen LogP contribution in [0.15, 0.2) is 48.5 Å². The number of rotatable bonds is 7. The third kappa shape index (κ3) is 5.16. The SMILES string of the molecule is COc1cccc(NC(=O)N2CCC(COCc3ccccc3)CC2)c1OC. The average molecular weight is 384 g/mol. The van der Waals surface area contributed by atoms with Crippen molar-refractivity contribution >= 4 is 11.7 Å². The molecule has 28 heavy (non-hydrogen) atoms. The minimum absolute atomic E-state index is 0.116. The predicted molar refractivity (Wildman–Crippen MR) is 109 cm³/mol. The van der Waals surface area contributed by atoms with Gasteiger partial charge in [-0.25, -0.2) is 4.79 Å². The smallest absolute Gasteiger partial charge is 0.321 e. The molecule has 2 amide bonds. The Labute approximate surface area is 166 Å². The number of nitrogens with one attached hydrogen (secondary N) is 1. The summed E-state index contributed by atoms with van der Waals surface area (Å²) in [6.07, 6.45) is 1.88. The van der Waals surface area contributed by atoms with Crippen LogP contribution in [0.3, 0.4) is 0 Å². The molecule has 3 rings (SSSR count). The van der Waals surface area contributed by atoms with Crippen LogP contribution in [0.5, 0.6) is 11.5 Å². The molecule has 1 aliphatic rings. The van der Waals surface area contributed by atoms with E-state index in [1.54, 1.807) is 20.3 Å². The zero-order valence-corrected chi connectivity index (χ0v) is 16.5. The number of piperidine rings is 1. The summed E-state index contributed by atoms with van der Waals surface area (Å²) in [7, 11) is 3.14. The summed E-state index contributed by atoms with van der Waals surface area (Å²) in [5.74, 6) is 1.61. The number of ether oxygens (including phenoxy) is 3. The maximum Gasteiger partial charge on any atom is 0.321 e. The van der Waals surface area contributed by atoms with Crippen molar-refractivity contribution < 1.29 is 19.0 Å². The van der Waals surface area contributed by atoms with Gasteiger partial charge in [-0.15, -0.1) is 0 Å². The van der Waals surface area contributed by atoms with Crippen molar-refractivity contribution in [3.05, 3.63) is 54.1 Å². The average Bonchev–Trinajstić information content (AvgIpc) is 2.74. The van der Waals surface area contributed by atoms with E-state index in [0.717, 1.165) is 32.5 Å². The Bertz CT molecular complexity index is 758. The molecule has 1 saturated heterocycles. The Morgan fingerprint density at radius 1 is 1.04 bits per heavy atom. The van der Waals surface area contributed by atoms with Gasteiger partial charge in [0.15, 0.2) is 11.5 Å². The molecule has 2 aromatic rings. The van der Waals surface area contributed by atoms with Gasteiger partial charge in [0.1, 0.15) is 0 Å². The number of carbonyl (C=O) groups excluding carboxylic acids is 1. The molecule has 2 aromatic carbocycles. The van der Waals surface area contributed by atoms with Crippen LogP contribution in [-0.2, 0) is 11.3 Å². The van der Waals surface area contributed by atoms with E-state index < -0.39 is 0 Å². The van der Waals surface area contributed by atoms with Crippen LogP contribution >= 0.6 is 0 Å². The molecular formula is C22H28N2O4. The molecule has 0 radical (unpaired) electrons. The van der Waals surface area contributed by atoms with Crippen LogP contribution in [0.25, 0.3) is 0 Å². The van der Waals surface area contributed by atoms with Crippen molar-refractivity contribution in [2.24, 2.45) is 5.92 Å². The van der Waals surface area contributed by atoms with E-state index in [-0.39, 0.29) is 6.03 Å². The highest BCUT2D eigenvalue weighted by atomic mass is 16.5. The number of benzene rings is 2. The van der Waals surface area contributed by atoms with Gasteiger partial charge in [-0.2, -0.15) is 0 Å². The lowest BCUT2D eigenvalue weighted by molar-refractivity contribution is 0.0640. The fraction of sp³-hybridized carbons (Fsp3) is 0.409. The van der Waals surface area contributed by atoms with E-state index in [0.29, 0.717) is 29.7 Å². The Balaban J connectivity index is 1.45. The van der Waals surface area contributed by atoms with Gasteiger partial charge < -0.3 is 24.4 Å². The maximum atomic E-state index is 12.6. The molecule has 1 heterocycles. The minimum Gasteiger partial charge on any atom is -0.493 e. The molecule has 150 valence electrons. The Kier molecular flexibility index (Phi) is 7.14. The quantitative estimate of drug-likeness (QED) is 0.779. The summed E-state index contributed by atoms with van der Waals surface area (Å²) >= 11 is 0. The van der Waals surface area contributed by atoms with E-state index in [1.807, 2.05) is 35.2 Å². The molecule has 0 aliphatic carbocycles. The van der Waals surface area contributed by atoms with Crippen molar-refractivity contribution in [3.8, 4) is 11.5 Å². The molecule has 1 aliphatic heterocycles. The van der Waals surface area contributed by atoms with Gasteiger partial charge in [0.05, 0.1) is 26.5 Å². The number of carbonyl (C=O) groups is 1. The number of anilines is 1. The third-order valence-electron chi connectivity index (χ3n) is 5.01. The number of nitrogens with zero attached hydrogens (tertiary/aromatic N) is 1. The lowest BCUT2D eigenvalue weighted by Crippen LogP contribution is -2.41. The normalized spacial score (nSPS) is 14.6. The van der Waals surface area contributed by atoms with Gasteiger partial charge in [0.2, 0.25) is 0 Å². The van der Waals surface area contributed by atoms with Gasteiger partial charge in [0, 0.05) is 19.7 Å². The van der Waals surface area contributed by atoms with Gasteiger partial charge in [-0.1, -0.05) is 36.4 Å². The topological polar surface area (TPSA) is 60.0 Å². The highest BCUT2D eigenvalue weighted by Crippen LogP contribution is 2.35. The second kappa shape index (κ2) is 9.99. The van der Waals surface area contributed by atoms with Crippen molar-refractivity contribution in [2.45, 2.75) is 19.4 Å². The van der Waals surface area contributed by atoms with Crippen molar-refractivity contribution in [1.82, 2.24) is 4.90 Å². The van der Waals surface area contributed by atoms with E-state index in [9.17, 15) is 4.79 Å². The van der Waals surface area contributed by atoms with E-state index in [1.165, 1.54) is 5.56 Å². The molecule has 6 heteroatoms. The third-order valence-corrected chi connectivity index (χ3v) is 5.01. The van der Waals surface area contributed by atoms with Gasteiger partial charge >= 0.3 is 6.03 Å². The molecule has 0 bridgehead atoms. The summed E-state index contributed by atoms with van der Waals surface area (Å²) in [6, 6.07) is 15.5. The molecule has 1 N–H and O–H groups in total. The first-order chi connectivity index (χ1) is 13.7. The van der Waals surface area contributed by atoms with Gasteiger partial charge in [-0.05, 0) is 36.5 Å². The largest absolute Gasteiger partial charge is 0.493 e. The van der Waals surface area contributed by atoms with Crippen LogP contribution in [0, 0.1) is 5.92 Å². The van der Waals surface area contributed by atoms with Crippen LogP contribution in [0.2, 0.25) is 0 Å². The summed E-state index contributed by atoms with van der Waals surface area (Å²) < 4.78 is 16.5. The molecule has 0 saturated carbocycles. The number of para-hydroxylation sites is 1. The van der Waals surface area contributed by atoms with Crippen LogP contribution in [0.4, 0.5) is 10.5 Å². The highest BCUT2D eigenvalue weighted by molar-refractivity contribution is 5.91. The molecule has 0 aromatic heterocycles. The molecule has 0 unspecified atom stereocenters. The number of methoxy groups -OCH3 is 2. The Morgan fingerprint density at radius 2 is 1.79 bits per heavy atom. The lowest BCUT2D eigenvalue weighted by atomic mass is 9.98. The predicted octanol–water partition coefficient (Wildman–Crippen LogP) is 4.16. The first kappa shape index (κ1) is 20.0. The molecular weight excluding hydrogens is 356 g/mol. The van der Waals surface area contributed by atoms with E-state index in [4.69, 9.17) is 14.2 Å². The van der Waals surface area contributed by atoms with Crippen LogP contribution < -0.4 is 14.8 Å². The fourth-order valence-corrected chi connectivity index (χ4v) is 3.40. The number of hydrogen-bond acceptors (Lipinski definition) is 4. The first-order valence-corrected chi connectivity index (χ1v) is 9.60. The maximum absolute atomic E-state index is 12.6. The summed E-state index contributed by atoms with van der Waals surface area (Å²) in [5.41, 5.74) is 1.80. The standard InChI is InChI=1S/C22H28N2O4/c1-26-20-10-6-9-19(21(20)27-2)23-22(25)24-13-11-18(12-14-24)16-28-15-17-7-4-3-5-8-17/h3-10,18H,11-16H2,1-2H3,(H,23,25). The number of amides is 2. The molecule has 6 nitrogen and oxygen atoms in total. The summed E-state index contributed by atoms with van der Waals surface area (Å²) in [5, 5.41) is 2.94. The second-order valence-corrected chi connectivity index (χ2v) is 6.90. The van der Waals surface area contributed by atoms with Crippen LogP contribution in [0.1, 0.15) is 18.4 Å². The first-order valence-electron chi connectivity index (χ1n) is 9.60. The Hall–Kier alpha value is -2.73. The van der Waals surface area contributed by atoms with E-state index >= 15 is 0 Å². The summed E-state index contributed by atoms with van der Waals surface area (Å²) in [4.78, 5) is 14.5. The molecule has 0 atom stereocenters. The monoisotopic (exact) mass is 384 g/mol.